The van der Waals surface area contributed by atoms with Crippen LogP contribution in [0.25, 0.3) is 0 Å². The standard InChI is InChI=1S/C20H32FN3O/c1-22-13-15-24(16-14-22)10-2-9-23-11-7-18(8-12-23)20(25)17-3-5-19(21)6-4-17/h3-6,18,20,25H,2,7-16H2,1H3. The Hall–Kier alpha value is -1.01. The molecule has 25 heavy (non-hydrogen) atoms. The Bertz CT molecular complexity index is 508. The van der Waals surface area contributed by atoms with Crippen LogP contribution in [0.1, 0.15) is 30.9 Å². The first-order valence-electron chi connectivity index (χ1n) is 9.68. The summed E-state index contributed by atoms with van der Waals surface area (Å²) in [5.41, 5.74) is 0.843. The van der Waals surface area contributed by atoms with Crippen LogP contribution in [-0.2, 0) is 0 Å². The van der Waals surface area contributed by atoms with E-state index in [2.05, 4.69) is 21.7 Å². The highest BCUT2D eigenvalue weighted by atomic mass is 19.1. The Morgan fingerprint density at radius 1 is 0.960 bits per heavy atom. The molecule has 2 saturated heterocycles. The van der Waals surface area contributed by atoms with Crippen molar-refractivity contribution in [3.63, 3.8) is 0 Å². The number of piperazine rings is 1. The number of hydrogen-bond acceptors (Lipinski definition) is 4. The second kappa shape index (κ2) is 9.08. The lowest BCUT2D eigenvalue weighted by atomic mass is 9.87. The number of likely N-dealkylation sites (N-methyl/N-ethyl adjacent to an activating group) is 1. The number of hydrogen-bond donors (Lipinski definition) is 1. The second-order valence-electron chi connectivity index (χ2n) is 7.67. The van der Waals surface area contributed by atoms with E-state index in [1.165, 1.54) is 51.3 Å². The van der Waals surface area contributed by atoms with Gasteiger partial charge in [0.1, 0.15) is 5.82 Å². The molecule has 4 nitrogen and oxygen atoms in total. The van der Waals surface area contributed by atoms with Crippen LogP contribution in [0.3, 0.4) is 0 Å². The molecule has 2 aliphatic rings. The van der Waals surface area contributed by atoms with Crippen LogP contribution in [-0.4, -0.2) is 79.2 Å². The van der Waals surface area contributed by atoms with Crippen molar-refractivity contribution in [2.45, 2.75) is 25.4 Å². The summed E-state index contributed by atoms with van der Waals surface area (Å²) in [4.78, 5) is 7.50. The van der Waals surface area contributed by atoms with E-state index >= 15 is 0 Å². The molecule has 2 aliphatic heterocycles. The highest BCUT2D eigenvalue weighted by Crippen LogP contribution is 2.30. The van der Waals surface area contributed by atoms with Gasteiger partial charge in [0, 0.05) is 26.2 Å². The number of benzene rings is 1. The maximum absolute atomic E-state index is 13.0. The summed E-state index contributed by atoms with van der Waals surface area (Å²) in [7, 11) is 2.20. The number of nitrogens with zero attached hydrogens (tertiary/aromatic N) is 3. The summed E-state index contributed by atoms with van der Waals surface area (Å²) in [6, 6.07) is 6.29. The first-order chi connectivity index (χ1) is 12.1. The quantitative estimate of drug-likeness (QED) is 0.853. The van der Waals surface area contributed by atoms with Crippen molar-refractivity contribution in [1.29, 1.82) is 0 Å². The molecule has 1 atom stereocenters. The topological polar surface area (TPSA) is 30.0 Å². The Morgan fingerprint density at radius 3 is 2.12 bits per heavy atom. The monoisotopic (exact) mass is 349 g/mol. The fourth-order valence-electron chi connectivity index (χ4n) is 4.01. The molecule has 0 spiro atoms. The molecular formula is C20H32FN3O. The average Bonchev–Trinajstić information content (AvgIpc) is 2.64. The molecule has 0 bridgehead atoms. The molecule has 5 heteroatoms. The lowest BCUT2D eigenvalue weighted by Gasteiger charge is -2.35. The van der Waals surface area contributed by atoms with Gasteiger partial charge in [0.2, 0.25) is 0 Å². The summed E-state index contributed by atoms with van der Waals surface area (Å²) in [6.45, 7) is 9.25. The Morgan fingerprint density at radius 2 is 1.52 bits per heavy atom. The molecule has 1 aromatic rings. The number of aliphatic hydroxyl groups excluding tert-OH is 1. The van der Waals surface area contributed by atoms with Crippen molar-refractivity contribution >= 4 is 0 Å². The fraction of sp³-hybridized carbons (Fsp3) is 0.700. The zero-order valence-electron chi connectivity index (χ0n) is 15.4. The van der Waals surface area contributed by atoms with Crippen LogP contribution in [0.15, 0.2) is 24.3 Å². The number of likely N-dealkylation sites (tertiary alicyclic amines) is 1. The van der Waals surface area contributed by atoms with Crippen LogP contribution in [0.4, 0.5) is 4.39 Å². The molecule has 0 amide bonds. The smallest absolute Gasteiger partial charge is 0.123 e. The molecule has 140 valence electrons. The number of halogens is 1. The average molecular weight is 349 g/mol. The summed E-state index contributed by atoms with van der Waals surface area (Å²) >= 11 is 0. The highest BCUT2D eigenvalue weighted by Gasteiger charge is 2.26. The lowest BCUT2D eigenvalue weighted by molar-refractivity contribution is 0.0569. The number of piperidine rings is 1. The normalized spacial score (nSPS) is 23.0. The minimum atomic E-state index is -0.465. The van der Waals surface area contributed by atoms with Crippen LogP contribution in [0, 0.1) is 11.7 Å². The van der Waals surface area contributed by atoms with Gasteiger partial charge in [-0.05, 0) is 76.1 Å². The van der Waals surface area contributed by atoms with E-state index in [0.29, 0.717) is 5.92 Å². The van der Waals surface area contributed by atoms with Crippen molar-refractivity contribution in [1.82, 2.24) is 14.7 Å². The van der Waals surface area contributed by atoms with Crippen molar-refractivity contribution in [3.05, 3.63) is 35.6 Å². The van der Waals surface area contributed by atoms with E-state index < -0.39 is 6.10 Å². The van der Waals surface area contributed by atoms with Crippen molar-refractivity contribution < 1.29 is 9.50 Å². The van der Waals surface area contributed by atoms with Gasteiger partial charge in [-0.15, -0.1) is 0 Å². The predicted molar refractivity (Wildman–Crippen MR) is 99.1 cm³/mol. The summed E-state index contributed by atoms with van der Waals surface area (Å²) < 4.78 is 13.0. The molecule has 1 N–H and O–H groups in total. The van der Waals surface area contributed by atoms with E-state index in [9.17, 15) is 9.50 Å². The third-order valence-electron chi connectivity index (χ3n) is 5.83. The molecule has 0 radical (unpaired) electrons. The molecule has 2 fully saturated rings. The predicted octanol–water partition coefficient (Wildman–Crippen LogP) is 2.21. The summed E-state index contributed by atoms with van der Waals surface area (Å²) in [5, 5.41) is 10.5. The zero-order chi connectivity index (χ0) is 17.6. The van der Waals surface area contributed by atoms with E-state index in [0.717, 1.165) is 38.0 Å². The summed E-state index contributed by atoms with van der Waals surface area (Å²) in [5.74, 6) is 0.0467. The summed E-state index contributed by atoms with van der Waals surface area (Å²) in [6.07, 6.45) is 2.81. The van der Waals surface area contributed by atoms with Crippen LogP contribution in [0.5, 0.6) is 0 Å². The van der Waals surface area contributed by atoms with Gasteiger partial charge >= 0.3 is 0 Å². The third kappa shape index (κ3) is 5.48. The van der Waals surface area contributed by atoms with Gasteiger partial charge < -0.3 is 19.8 Å². The first kappa shape index (κ1) is 18.8. The number of aliphatic hydroxyl groups is 1. The van der Waals surface area contributed by atoms with Gasteiger partial charge in [-0.2, -0.15) is 0 Å². The number of rotatable bonds is 6. The lowest BCUT2D eigenvalue weighted by Crippen LogP contribution is -2.45. The molecular weight excluding hydrogens is 317 g/mol. The van der Waals surface area contributed by atoms with Gasteiger partial charge in [0.25, 0.3) is 0 Å². The molecule has 0 aliphatic carbocycles. The minimum absolute atomic E-state index is 0.244. The van der Waals surface area contributed by atoms with Crippen LogP contribution < -0.4 is 0 Å². The van der Waals surface area contributed by atoms with E-state index in [1.54, 1.807) is 12.1 Å². The Kier molecular flexibility index (Phi) is 6.82. The van der Waals surface area contributed by atoms with Gasteiger partial charge in [0.05, 0.1) is 6.10 Å². The maximum atomic E-state index is 13.0. The highest BCUT2D eigenvalue weighted by molar-refractivity contribution is 5.19. The Balaban J connectivity index is 1.35. The zero-order valence-corrected chi connectivity index (χ0v) is 15.4. The van der Waals surface area contributed by atoms with Gasteiger partial charge in [-0.1, -0.05) is 12.1 Å². The third-order valence-corrected chi connectivity index (χ3v) is 5.83. The first-order valence-corrected chi connectivity index (χ1v) is 9.68. The minimum Gasteiger partial charge on any atom is -0.388 e. The molecule has 1 unspecified atom stereocenters. The fourth-order valence-corrected chi connectivity index (χ4v) is 4.01. The second-order valence-corrected chi connectivity index (χ2v) is 7.67. The molecule has 0 saturated carbocycles. The van der Waals surface area contributed by atoms with E-state index in [4.69, 9.17) is 0 Å². The van der Waals surface area contributed by atoms with Crippen molar-refractivity contribution in [2.75, 3.05) is 59.4 Å². The molecule has 1 aromatic carbocycles. The maximum Gasteiger partial charge on any atom is 0.123 e. The van der Waals surface area contributed by atoms with Crippen LogP contribution in [0.2, 0.25) is 0 Å². The van der Waals surface area contributed by atoms with Gasteiger partial charge in [0.15, 0.2) is 0 Å². The van der Waals surface area contributed by atoms with Gasteiger partial charge in [-0.25, -0.2) is 4.39 Å². The molecule has 0 aromatic heterocycles. The SMILES string of the molecule is CN1CCN(CCCN2CCC(C(O)c3ccc(F)cc3)CC2)CC1. The van der Waals surface area contributed by atoms with Crippen molar-refractivity contribution in [2.24, 2.45) is 5.92 Å². The molecule has 3 rings (SSSR count). The van der Waals surface area contributed by atoms with Gasteiger partial charge in [-0.3, -0.25) is 0 Å². The van der Waals surface area contributed by atoms with E-state index in [1.807, 2.05) is 0 Å². The van der Waals surface area contributed by atoms with Crippen LogP contribution >= 0.6 is 0 Å². The van der Waals surface area contributed by atoms with Crippen molar-refractivity contribution in [3.8, 4) is 0 Å². The Labute approximate surface area is 151 Å². The largest absolute Gasteiger partial charge is 0.388 e. The van der Waals surface area contributed by atoms with E-state index in [-0.39, 0.29) is 5.82 Å². The molecule has 2 heterocycles.